The average molecular weight is 233 g/mol. The van der Waals surface area contributed by atoms with Crippen LogP contribution in [-0.4, -0.2) is 10.1 Å². The first-order valence-electron chi connectivity index (χ1n) is 5.19. The Morgan fingerprint density at radius 3 is 2.88 bits per heavy atom. The zero-order chi connectivity index (χ0) is 12.3. The summed E-state index contributed by atoms with van der Waals surface area (Å²) in [7, 11) is 0. The van der Waals surface area contributed by atoms with Gasteiger partial charge in [0.25, 0.3) is 0 Å². The van der Waals surface area contributed by atoms with E-state index >= 15 is 0 Å². The highest BCUT2D eigenvalue weighted by Gasteiger charge is 2.06. The van der Waals surface area contributed by atoms with E-state index in [1.165, 1.54) is 6.07 Å². The molecule has 3 nitrogen and oxygen atoms in total. The molecular formula is C13H12FNO2. The van der Waals surface area contributed by atoms with Gasteiger partial charge in [-0.25, -0.2) is 9.37 Å². The first-order valence-corrected chi connectivity index (χ1v) is 5.19. The maximum Gasteiger partial charge on any atom is 0.224 e. The molecule has 0 fully saturated rings. The average Bonchev–Trinajstić information content (AvgIpc) is 2.34. The van der Waals surface area contributed by atoms with Crippen LogP contribution >= 0.6 is 0 Å². The molecule has 0 radical (unpaired) electrons. The molecule has 2 aromatic rings. The molecule has 2 rings (SSSR count). The third-order valence-corrected chi connectivity index (χ3v) is 2.38. The van der Waals surface area contributed by atoms with E-state index in [9.17, 15) is 4.39 Å². The zero-order valence-electron chi connectivity index (χ0n) is 9.35. The highest BCUT2D eigenvalue weighted by molar-refractivity contribution is 5.34. The van der Waals surface area contributed by atoms with Crippen molar-refractivity contribution in [3.63, 3.8) is 0 Å². The molecule has 0 aliphatic carbocycles. The van der Waals surface area contributed by atoms with Crippen LogP contribution in [0.1, 0.15) is 11.1 Å². The third kappa shape index (κ3) is 2.60. The third-order valence-electron chi connectivity index (χ3n) is 2.38. The maximum absolute atomic E-state index is 13.3. The first-order chi connectivity index (χ1) is 8.20. The second-order valence-corrected chi connectivity index (χ2v) is 3.64. The Morgan fingerprint density at radius 1 is 1.35 bits per heavy atom. The van der Waals surface area contributed by atoms with Crippen molar-refractivity contribution in [3.8, 4) is 11.6 Å². The summed E-state index contributed by atoms with van der Waals surface area (Å²) in [5.41, 5.74) is 1.12. The summed E-state index contributed by atoms with van der Waals surface area (Å²) in [6.45, 7) is 1.51. The normalized spacial score (nSPS) is 10.3. The van der Waals surface area contributed by atoms with Crippen molar-refractivity contribution in [2.45, 2.75) is 13.5 Å². The molecule has 88 valence electrons. The summed E-state index contributed by atoms with van der Waals surface area (Å²) in [6, 6.07) is 7.99. The van der Waals surface area contributed by atoms with Crippen molar-refractivity contribution in [2.24, 2.45) is 0 Å². The number of aryl methyl sites for hydroxylation is 1. The molecule has 4 heteroatoms. The molecule has 1 aromatic heterocycles. The smallest absolute Gasteiger partial charge is 0.224 e. The van der Waals surface area contributed by atoms with Gasteiger partial charge in [0.15, 0.2) is 0 Å². The van der Waals surface area contributed by atoms with Crippen LogP contribution in [0.3, 0.4) is 0 Å². The number of aliphatic hydroxyl groups is 1. The molecule has 0 atom stereocenters. The lowest BCUT2D eigenvalue weighted by molar-refractivity contribution is 0.275. The summed E-state index contributed by atoms with van der Waals surface area (Å²) in [5, 5.41) is 9.10. The van der Waals surface area contributed by atoms with Crippen LogP contribution in [0.4, 0.5) is 4.39 Å². The molecule has 0 bridgehead atoms. The molecule has 0 amide bonds. The van der Waals surface area contributed by atoms with Gasteiger partial charge < -0.3 is 9.84 Å². The Bertz CT molecular complexity index is 529. The summed E-state index contributed by atoms with van der Waals surface area (Å²) >= 11 is 0. The lowest BCUT2D eigenvalue weighted by atomic mass is 10.2. The van der Waals surface area contributed by atoms with E-state index in [1.807, 2.05) is 0 Å². The van der Waals surface area contributed by atoms with Gasteiger partial charge in [-0.3, -0.25) is 0 Å². The molecule has 0 aliphatic heterocycles. The van der Waals surface area contributed by atoms with Gasteiger partial charge in [-0.2, -0.15) is 0 Å². The fourth-order valence-electron chi connectivity index (χ4n) is 1.39. The Morgan fingerprint density at radius 2 is 2.18 bits per heavy atom. The topological polar surface area (TPSA) is 42.4 Å². The number of ether oxygens (including phenoxy) is 1. The minimum absolute atomic E-state index is 0.169. The van der Waals surface area contributed by atoms with Crippen LogP contribution in [0.25, 0.3) is 0 Å². The second-order valence-electron chi connectivity index (χ2n) is 3.64. The van der Waals surface area contributed by atoms with Gasteiger partial charge in [0.1, 0.15) is 11.6 Å². The van der Waals surface area contributed by atoms with Crippen molar-refractivity contribution < 1.29 is 14.2 Å². The number of halogens is 1. The maximum atomic E-state index is 13.3. The predicted molar refractivity (Wildman–Crippen MR) is 61.4 cm³/mol. The molecule has 1 heterocycles. The Hall–Kier alpha value is -1.94. The molecule has 0 unspecified atom stereocenters. The molecule has 0 saturated heterocycles. The van der Waals surface area contributed by atoms with Gasteiger partial charge in [0.2, 0.25) is 5.88 Å². The molecule has 0 aliphatic rings. The summed E-state index contributed by atoms with van der Waals surface area (Å²) in [4.78, 5) is 3.99. The number of pyridine rings is 1. The minimum Gasteiger partial charge on any atom is -0.439 e. The minimum atomic E-state index is -0.330. The van der Waals surface area contributed by atoms with Crippen molar-refractivity contribution in [3.05, 3.63) is 53.5 Å². The number of hydrogen-bond donors (Lipinski definition) is 1. The van der Waals surface area contributed by atoms with Gasteiger partial charge >= 0.3 is 0 Å². The fourth-order valence-corrected chi connectivity index (χ4v) is 1.39. The molecule has 17 heavy (non-hydrogen) atoms. The fraction of sp³-hybridized carbons (Fsp3) is 0.154. The van der Waals surface area contributed by atoms with E-state index in [0.717, 1.165) is 0 Å². The van der Waals surface area contributed by atoms with E-state index in [4.69, 9.17) is 9.84 Å². The Balaban J connectivity index is 2.28. The van der Waals surface area contributed by atoms with Crippen LogP contribution in [0.2, 0.25) is 0 Å². The largest absolute Gasteiger partial charge is 0.439 e. The zero-order valence-corrected chi connectivity index (χ0v) is 9.35. The molecule has 0 spiro atoms. The Kier molecular flexibility index (Phi) is 3.35. The number of aliphatic hydroxyl groups excluding tert-OH is 1. The quantitative estimate of drug-likeness (QED) is 0.886. The van der Waals surface area contributed by atoms with Gasteiger partial charge in [0.05, 0.1) is 6.61 Å². The predicted octanol–water partition coefficient (Wildman–Crippen LogP) is 2.81. The van der Waals surface area contributed by atoms with Crippen LogP contribution < -0.4 is 4.74 Å². The van der Waals surface area contributed by atoms with Gasteiger partial charge in [0, 0.05) is 17.8 Å². The van der Waals surface area contributed by atoms with E-state index in [0.29, 0.717) is 22.8 Å². The van der Waals surface area contributed by atoms with Gasteiger partial charge in [-0.1, -0.05) is 6.07 Å². The van der Waals surface area contributed by atoms with Crippen molar-refractivity contribution in [1.29, 1.82) is 0 Å². The second kappa shape index (κ2) is 4.93. The number of hydrogen-bond acceptors (Lipinski definition) is 3. The lowest BCUT2D eigenvalue weighted by Gasteiger charge is -2.08. The summed E-state index contributed by atoms with van der Waals surface area (Å²) < 4.78 is 18.7. The highest BCUT2D eigenvalue weighted by Crippen LogP contribution is 2.24. The standard InChI is InChI=1S/C13H12FNO2/c1-9-4-5-11(7-12(9)14)17-13-10(8-16)3-2-6-15-13/h2-7,16H,8H2,1H3. The van der Waals surface area contributed by atoms with Crippen LogP contribution in [0, 0.1) is 12.7 Å². The molecule has 0 saturated carbocycles. The number of benzene rings is 1. The van der Waals surface area contributed by atoms with Crippen molar-refractivity contribution >= 4 is 0 Å². The van der Waals surface area contributed by atoms with E-state index in [-0.39, 0.29) is 12.4 Å². The van der Waals surface area contributed by atoms with Gasteiger partial charge in [-0.05, 0) is 30.7 Å². The van der Waals surface area contributed by atoms with E-state index in [2.05, 4.69) is 4.98 Å². The SMILES string of the molecule is Cc1ccc(Oc2ncccc2CO)cc1F. The lowest BCUT2D eigenvalue weighted by Crippen LogP contribution is -1.95. The number of nitrogens with zero attached hydrogens (tertiary/aromatic N) is 1. The first kappa shape index (κ1) is 11.5. The summed E-state index contributed by atoms with van der Waals surface area (Å²) in [6.07, 6.45) is 1.55. The van der Waals surface area contributed by atoms with Crippen LogP contribution in [0.5, 0.6) is 11.6 Å². The van der Waals surface area contributed by atoms with Gasteiger partial charge in [-0.15, -0.1) is 0 Å². The molecule has 1 N–H and O–H groups in total. The number of aromatic nitrogens is 1. The van der Waals surface area contributed by atoms with E-state index in [1.54, 1.807) is 37.4 Å². The van der Waals surface area contributed by atoms with Crippen LogP contribution in [-0.2, 0) is 6.61 Å². The summed E-state index contributed by atoms with van der Waals surface area (Å²) in [5.74, 6) is 0.323. The van der Waals surface area contributed by atoms with E-state index < -0.39 is 0 Å². The van der Waals surface area contributed by atoms with Crippen molar-refractivity contribution in [2.75, 3.05) is 0 Å². The highest BCUT2D eigenvalue weighted by atomic mass is 19.1. The monoisotopic (exact) mass is 233 g/mol. The van der Waals surface area contributed by atoms with Crippen LogP contribution in [0.15, 0.2) is 36.5 Å². The number of rotatable bonds is 3. The van der Waals surface area contributed by atoms with Crippen molar-refractivity contribution in [1.82, 2.24) is 4.98 Å². The Labute approximate surface area is 98.5 Å². The molecule has 1 aromatic carbocycles. The molecular weight excluding hydrogens is 221 g/mol.